The fourth-order valence-electron chi connectivity index (χ4n) is 2.22. The number of hydrogen-bond donors (Lipinski definition) is 3. The summed E-state index contributed by atoms with van der Waals surface area (Å²) in [5.41, 5.74) is 3.05. The average molecular weight is 263 g/mol. The van der Waals surface area contributed by atoms with Crippen LogP contribution in [0.2, 0.25) is 0 Å². The highest BCUT2D eigenvalue weighted by Crippen LogP contribution is 2.25. The minimum Gasteiger partial charge on any atom is -0.474 e. The number of nitrogen functional groups attached to an aromatic ring is 1. The molecule has 0 radical (unpaired) electrons. The van der Waals surface area contributed by atoms with Crippen LogP contribution >= 0.6 is 0 Å². The van der Waals surface area contributed by atoms with Gasteiger partial charge < -0.3 is 9.64 Å². The molecule has 3 rings (SSSR count). The summed E-state index contributed by atoms with van der Waals surface area (Å²) in [5.74, 6) is 6.21. The SMILES string of the molecule is CN1CCC(Oc2nc(NN)nc3[nH]ncc23)CC1. The van der Waals surface area contributed by atoms with Crippen molar-refractivity contribution in [2.24, 2.45) is 5.84 Å². The van der Waals surface area contributed by atoms with Crippen LogP contribution in [-0.4, -0.2) is 51.3 Å². The first-order chi connectivity index (χ1) is 9.26. The molecule has 0 saturated carbocycles. The van der Waals surface area contributed by atoms with Crippen molar-refractivity contribution in [3.8, 4) is 5.88 Å². The highest BCUT2D eigenvalue weighted by Gasteiger charge is 2.20. The number of rotatable bonds is 3. The summed E-state index contributed by atoms with van der Waals surface area (Å²) >= 11 is 0. The Morgan fingerprint density at radius 2 is 2.21 bits per heavy atom. The van der Waals surface area contributed by atoms with Gasteiger partial charge in [-0.2, -0.15) is 15.1 Å². The zero-order valence-corrected chi connectivity index (χ0v) is 10.8. The molecule has 0 amide bonds. The van der Waals surface area contributed by atoms with E-state index in [1.807, 2.05) is 0 Å². The molecule has 0 aromatic carbocycles. The lowest BCUT2D eigenvalue weighted by molar-refractivity contribution is 0.111. The van der Waals surface area contributed by atoms with Gasteiger partial charge in [-0.05, 0) is 19.9 Å². The minimum atomic E-state index is 0.176. The lowest BCUT2D eigenvalue weighted by Gasteiger charge is -2.29. The maximum Gasteiger partial charge on any atom is 0.242 e. The van der Waals surface area contributed by atoms with Crippen molar-refractivity contribution >= 4 is 17.0 Å². The van der Waals surface area contributed by atoms with Crippen LogP contribution in [0.15, 0.2) is 6.20 Å². The van der Waals surface area contributed by atoms with Crippen molar-refractivity contribution in [2.45, 2.75) is 18.9 Å². The van der Waals surface area contributed by atoms with Crippen LogP contribution in [0.5, 0.6) is 5.88 Å². The van der Waals surface area contributed by atoms with Gasteiger partial charge in [-0.15, -0.1) is 0 Å². The molecule has 0 bridgehead atoms. The number of nitrogens with zero attached hydrogens (tertiary/aromatic N) is 4. The van der Waals surface area contributed by atoms with E-state index < -0.39 is 0 Å². The quantitative estimate of drug-likeness (QED) is 0.533. The second-order valence-corrected chi connectivity index (χ2v) is 4.75. The van der Waals surface area contributed by atoms with Crippen LogP contribution in [-0.2, 0) is 0 Å². The van der Waals surface area contributed by atoms with Gasteiger partial charge in [0.1, 0.15) is 11.5 Å². The molecule has 1 fully saturated rings. The summed E-state index contributed by atoms with van der Waals surface area (Å²) in [6, 6.07) is 0. The number of likely N-dealkylation sites (tertiary alicyclic amines) is 1. The molecule has 3 heterocycles. The normalized spacial score (nSPS) is 17.8. The molecule has 0 unspecified atom stereocenters. The van der Waals surface area contributed by atoms with E-state index in [-0.39, 0.29) is 6.10 Å². The summed E-state index contributed by atoms with van der Waals surface area (Å²) in [7, 11) is 2.12. The summed E-state index contributed by atoms with van der Waals surface area (Å²) in [4.78, 5) is 10.7. The van der Waals surface area contributed by atoms with E-state index in [4.69, 9.17) is 10.6 Å². The Labute approximate surface area is 110 Å². The third-order valence-corrected chi connectivity index (χ3v) is 3.35. The lowest BCUT2D eigenvalue weighted by atomic mass is 10.1. The fourth-order valence-corrected chi connectivity index (χ4v) is 2.22. The molecule has 1 saturated heterocycles. The molecule has 8 nitrogen and oxygen atoms in total. The molecule has 1 aliphatic heterocycles. The molecule has 0 aliphatic carbocycles. The first kappa shape index (κ1) is 12.1. The van der Waals surface area contributed by atoms with Gasteiger partial charge in [0.05, 0.1) is 6.20 Å². The highest BCUT2D eigenvalue weighted by atomic mass is 16.5. The van der Waals surface area contributed by atoms with Gasteiger partial charge in [0.2, 0.25) is 11.8 Å². The predicted octanol–water partition coefficient (Wildman–Crippen LogP) is 0.112. The Morgan fingerprint density at radius 1 is 1.42 bits per heavy atom. The number of fused-ring (bicyclic) bond motifs is 1. The smallest absolute Gasteiger partial charge is 0.242 e. The van der Waals surface area contributed by atoms with Crippen molar-refractivity contribution in [3.05, 3.63) is 6.20 Å². The maximum absolute atomic E-state index is 5.98. The Hall–Kier alpha value is -1.93. The first-order valence-corrected chi connectivity index (χ1v) is 6.29. The maximum atomic E-state index is 5.98. The number of nitrogens with two attached hydrogens (primary N) is 1. The van der Waals surface area contributed by atoms with E-state index in [1.54, 1.807) is 6.20 Å². The molecule has 102 valence electrons. The third kappa shape index (κ3) is 2.45. The van der Waals surface area contributed by atoms with Gasteiger partial charge >= 0.3 is 0 Å². The molecule has 0 atom stereocenters. The van der Waals surface area contributed by atoms with E-state index in [1.165, 1.54) is 0 Å². The van der Waals surface area contributed by atoms with E-state index in [9.17, 15) is 0 Å². The summed E-state index contributed by atoms with van der Waals surface area (Å²) < 4.78 is 5.98. The standard InChI is InChI=1S/C11H17N7O/c1-18-4-2-7(3-5-18)19-10-8-6-13-17-9(8)14-11(15-10)16-12/h6-7H,2-5,12H2,1H3,(H2,13,14,15,16,17). The van der Waals surface area contributed by atoms with E-state index in [0.717, 1.165) is 31.3 Å². The van der Waals surface area contributed by atoms with Gasteiger partial charge in [0.25, 0.3) is 0 Å². The molecular formula is C11H17N7O. The average Bonchev–Trinajstić information content (AvgIpc) is 2.89. The van der Waals surface area contributed by atoms with Crippen molar-refractivity contribution in [1.29, 1.82) is 0 Å². The van der Waals surface area contributed by atoms with Gasteiger partial charge in [-0.25, -0.2) is 5.84 Å². The van der Waals surface area contributed by atoms with E-state index >= 15 is 0 Å². The number of hydrogen-bond acceptors (Lipinski definition) is 7. The van der Waals surface area contributed by atoms with Crippen LogP contribution in [0.25, 0.3) is 11.0 Å². The molecule has 8 heteroatoms. The fraction of sp³-hybridized carbons (Fsp3) is 0.545. The number of aromatic nitrogens is 4. The van der Waals surface area contributed by atoms with Crippen molar-refractivity contribution < 1.29 is 4.74 Å². The zero-order valence-electron chi connectivity index (χ0n) is 10.8. The van der Waals surface area contributed by atoms with Crippen molar-refractivity contribution in [1.82, 2.24) is 25.1 Å². The number of hydrazine groups is 1. The number of piperidine rings is 1. The van der Waals surface area contributed by atoms with Gasteiger partial charge in [-0.1, -0.05) is 0 Å². The third-order valence-electron chi connectivity index (χ3n) is 3.35. The summed E-state index contributed by atoms with van der Waals surface area (Å²) in [6.07, 6.45) is 3.82. The largest absolute Gasteiger partial charge is 0.474 e. The summed E-state index contributed by atoms with van der Waals surface area (Å²) in [6.45, 7) is 2.07. The number of anilines is 1. The topological polar surface area (TPSA) is 105 Å². The number of ether oxygens (including phenoxy) is 1. The molecule has 1 aliphatic rings. The highest BCUT2D eigenvalue weighted by molar-refractivity contribution is 5.80. The summed E-state index contributed by atoms with van der Waals surface area (Å²) in [5, 5.41) is 7.53. The molecular weight excluding hydrogens is 246 g/mol. The Kier molecular flexibility index (Phi) is 3.18. The number of aromatic amines is 1. The van der Waals surface area contributed by atoms with E-state index in [0.29, 0.717) is 17.5 Å². The molecule has 2 aromatic heterocycles. The molecule has 2 aromatic rings. The zero-order chi connectivity index (χ0) is 13.2. The Bertz CT molecular complexity index is 561. The van der Waals surface area contributed by atoms with Crippen molar-refractivity contribution in [3.63, 3.8) is 0 Å². The van der Waals surface area contributed by atoms with Crippen LogP contribution in [0, 0.1) is 0 Å². The predicted molar refractivity (Wildman–Crippen MR) is 70.6 cm³/mol. The number of H-pyrrole nitrogens is 1. The number of nitrogens with one attached hydrogen (secondary N) is 2. The molecule has 4 N–H and O–H groups in total. The monoisotopic (exact) mass is 263 g/mol. The first-order valence-electron chi connectivity index (χ1n) is 6.29. The molecule has 19 heavy (non-hydrogen) atoms. The molecule has 0 spiro atoms. The van der Waals surface area contributed by atoms with Crippen LogP contribution in [0.3, 0.4) is 0 Å². The van der Waals surface area contributed by atoms with Gasteiger partial charge in [0, 0.05) is 13.1 Å². The second-order valence-electron chi connectivity index (χ2n) is 4.75. The Balaban J connectivity index is 1.85. The van der Waals surface area contributed by atoms with Crippen LogP contribution < -0.4 is 16.0 Å². The van der Waals surface area contributed by atoms with Crippen LogP contribution in [0.1, 0.15) is 12.8 Å². The van der Waals surface area contributed by atoms with Crippen LogP contribution in [0.4, 0.5) is 5.95 Å². The van der Waals surface area contributed by atoms with Gasteiger partial charge in [-0.3, -0.25) is 10.5 Å². The Morgan fingerprint density at radius 3 is 2.95 bits per heavy atom. The second kappa shape index (κ2) is 4.98. The van der Waals surface area contributed by atoms with E-state index in [2.05, 4.69) is 37.5 Å². The van der Waals surface area contributed by atoms with Gasteiger partial charge in [0.15, 0.2) is 5.65 Å². The minimum absolute atomic E-state index is 0.176. The van der Waals surface area contributed by atoms with Crippen molar-refractivity contribution in [2.75, 3.05) is 25.6 Å². The lowest BCUT2D eigenvalue weighted by Crippen LogP contribution is -2.35.